The highest BCUT2D eigenvalue weighted by Crippen LogP contribution is 2.29. The van der Waals surface area contributed by atoms with Crippen LogP contribution in [0.15, 0.2) is 18.2 Å². The van der Waals surface area contributed by atoms with E-state index in [2.05, 4.69) is 26.1 Å². The highest BCUT2D eigenvalue weighted by atomic mass is 35.5. The molecule has 1 aromatic rings. The lowest BCUT2D eigenvalue weighted by Gasteiger charge is -2.21. The first-order valence-electron chi connectivity index (χ1n) is 5.66. The van der Waals surface area contributed by atoms with E-state index in [-0.39, 0.29) is 11.7 Å². The second-order valence-electron chi connectivity index (χ2n) is 4.32. The zero-order valence-corrected chi connectivity index (χ0v) is 11.0. The van der Waals surface area contributed by atoms with Crippen molar-refractivity contribution >= 4 is 23.0 Å². The summed E-state index contributed by atoms with van der Waals surface area (Å²) >= 11 is 5.76. The zero-order chi connectivity index (χ0) is 13.0. The summed E-state index contributed by atoms with van der Waals surface area (Å²) in [6.07, 6.45) is 0.914. The average molecular weight is 257 g/mol. The van der Waals surface area contributed by atoms with Gasteiger partial charge in [0.2, 0.25) is 0 Å². The molecule has 94 valence electrons. The molecule has 1 N–H and O–H groups in total. The van der Waals surface area contributed by atoms with Crippen LogP contribution in [0, 0.1) is 16.0 Å². The molecule has 0 heterocycles. The average Bonchev–Trinajstić information content (AvgIpc) is 2.26. The molecule has 0 aliphatic carbocycles. The highest BCUT2D eigenvalue weighted by molar-refractivity contribution is 6.30. The van der Waals surface area contributed by atoms with Gasteiger partial charge >= 0.3 is 0 Å². The molecule has 1 unspecified atom stereocenters. The monoisotopic (exact) mass is 256 g/mol. The quantitative estimate of drug-likeness (QED) is 0.638. The Bertz CT molecular complexity index is 407. The van der Waals surface area contributed by atoms with Gasteiger partial charge in [0, 0.05) is 17.1 Å². The topological polar surface area (TPSA) is 55.2 Å². The minimum atomic E-state index is -0.415. The second kappa shape index (κ2) is 5.87. The summed E-state index contributed by atoms with van der Waals surface area (Å²) in [5, 5.41) is 14.5. The molecule has 0 amide bonds. The maximum absolute atomic E-state index is 10.9. The van der Waals surface area contributed by atoms with Gasteiger partial charge in [-0.05, 0) is 24.5 Å². The van der Waals surface area contributed by atoms with Crippen LogP contribution in [0.5, 0.6) is 0 Å². The van der Waals surface area contributed by atoms with Crippen LogP contribution in [-0.2, 0) is 0 Å². The molecule has 0 aliphatic heterocycles. The number of nitrogens with one attached hydrogen (secondary N) is 1. The number of anilines is 1. The van der Waals surface area contributed by atoms with Crippen molar-refractivity contribution in [3.63, 3.8) is 0 Å². The van der Waals surface area contributed by atoms with Gasteiger partial charge in [-0.2, -0.15) is 0 Å². The number of hydrogen-bond donors (Lipinski definition) is 1. The Balaban J connectivity index is 3.01. The van der Waals surface area contributed by atoms with Crippen molar-refractivity contribution in [3.8, 4) is 0 Å². The van der Waals surface area contributed by atoms with Crippen molar-refractivity contribution < 1.29 is 4.92 Å². The Morgan fingerprint density at radius 2 is 2.12 bits per heavy atom. The lowest BCUT2D eigenvalue weighted by Crippen LogP contribution is -2.24. The summed E-state index contributed by atoms with van der Waals surface area (Å²) in [5.41, 5.74) is 0.552. The normalized spacial score (nSPS) is 12.5. The lowest BCUT2D eigenvalue weighted by atomic mass is 10.0. The van der Waals surface area contributed by atoms with Crippen LogP contribution < -0.4 is 5.32 Å². The standard InChI is InChI=1S/C12H17ClN2O2/c1-4-10(8(2)3)14-11-6-5-9(13)7-12(11)15(16)17/h5-8,10,14H,4H2,1-3H3. The van der Waals surface area contributed by atoms with Gasteiger partial charge in [-0.25, -0.2) is 0 Å². The minimum Gasteiger partial charge on any atom is -0.377 e. The SMILES string of the molecule is CCC(Nc1ccc(Cl)cc1[N+](=O)[O-])C(C)C. The molecule has 17 heavy (non-hydrogen) atoms. The van der Waals surface area contributed by atoms with Crippen LogP contribution in [0.2, 0.25) is 5.02 Å². The molecule has 1 rings (SSSR count). The van der Waals surface area contributed by atoms with Crippen molar-refractivity contribution in [2.45, 2.75) is 33.2 Å². The van der Waals surface area contributed by atoms with Gasteiger partial charge in [-0.1, -0.05) is 32.4 Å². The Hall–Kier alpha value is -1.29. The first-order chi connectivity index (χ1) is 7.95. The maximum Gasteiger partial charge on any atom is 0.293 e. The van der Waals surface area contributed by atoms with Crippen LogP contribution in [0.4, 0.5) is 11.4 Å². The number of nitro benzene ring substituents is 1. The lowest BCUT2D eigenvalue weighted by molar-refractivity contribution is -0.384. The largest absolute Gasteiger partial charge is 0.377 e. The van der Waals surface area contributed by atoms with Crippen LogP contribution >= 0.6 is 11.6 Å². The van der Waals surface area contributed by atoms with E-state index in [4.69, 9.17) is 11.6 Å². The first kappa shape index (κ1) is 13.8. The fourth-order valence-electron chi connectivity index (χ4n) is 1.72. The third-order valence-corrected chi connectivity index (χ3v) is 2.98. The van der Waals surface area contributed by atoms with E-state index in [9.17, 15) is 10.1 Å². The van der Waals surface area contributed by atoms with Crippen molar-refractivity contribution in [2.24, 2.45) is 5.92 Å². The molecular formula is C12H17ClN2O2. The number of nitro groups is 1. The van der Waals surface area contributed by atoms with Crippen LogP contribution in [0.1, 0.15) is 27.2 Å². The summed E-state index contributed by atoms with van der Waals surface area (Å²) < 4.78 is 0. The fraction of sp³-hybridized carbons (Fsp3) is 0.500. The van der Waals surface area contributed by atoms with Gasteiger partial charge < -0.3 is 5.32 Å². The minimum absolute atomic E-state index is 0.0246. The number of rotatable bonds is 5. The number of hydrogen-bond acceptors (Lipinski definition) is 3. The summed E-state index contributed by atoms with van der Waals surface area (Å²) in [7, 11) is 0. The van der Waals surface area contributed by atoms with E-state index in [1.807, 2.05) is 0 Å². The van der Waals surface area contributed by atoms with Gasteiger partial charge in [0.15, 0.2) is 0 Å². The van der Waals surface area contributed by atoms with E-state index in [1.54, 1.807) is 12.1 Å². The van der Waals surface area contributed by atoms with Crippen molar-refractivity contribution in [2.75, 3.05) is 5.32 Å². The highest BCUT2D eigenvalue weighted by Gasteiger charge is 2.18. The molecule has 1 atom stereocenters. The van der Waals surface area contributed by atoms with E-state index in [0.717, 1.165) is 6.42 Å². The Kier molecular flexibility index (Phi) is 4.75. The molecule has 0 aliphatic rings. The molecule has 5 heteroatoms. The second-order valence-corrected chi connectivity index (χ2v) is 4.76. The molecular weight excluding hydrogens is 240 g/mol. The third kappa shape index (κ3) is 3.60. The fourth-order valence-corrected chi connectivity index (χ4v) is 1.88. The summed E-state index contributed by atoms with van der Waals surface area (Å²) in [6.45, 7) is 6.23. The van der Waals surface area contributed by atoms with Crippen molar-refractivity contribution in [3.05, 3.63) is 33.3 Å². The zero-order valence-electron chi connectivity index (χ0n) is 10.2. The van der Waals surface area contributed by atoms with Crippen molar-refractivity contribution in [1.29, 1.82) is 0 Å². The van der Waals surface area contributed by atoms with Crippen molar-refractivity contribution in [1.82, 2.24) is 0 Å². The predicted molar refractivity (Wildman–Crippen MR) is 70.6 cm³/mol. The third-order valence-electron chi connectivity index (χ3n) is 2.74. The Morgan fingerprint density at radius 3 is 2.59 bits per heavy atom. The van der Waals surface area contributed by atoms with Crippen LogP contribution in [0.3, 0.4) is 0 Å². The molecule has 0 bridgehead atoms. The number of benzene rings is 1. The molecule has 0 radical (unpaired) electrons. The Morgan fingerprint density at radius 1 is 1.47 bits per heavy atom. The van der Waals surface area contributed by atoms with E-state index >= 15 is 0 Å². The number of halogens is 1. The molecule has 0 fully saturated rings. The van der Waals surface area contributed by atoms with Gasteiger partial charge in [0.1, 0.15) is 5.69 Å². The van der Waals surface area contributed by atoms with E-state index < -0.39 is 4.92 Å². The summed E-state index contributed by atoms with van der Waals surface area (Å²) in [6, 6.07) is 4.90. The van der Waals surface area contributed by atoms with Gasteiger partial charge in [-0.3, -0.25) is 10.1 Å². The van der Waals surface area contributed by atoms with Gasteiger partial charge in [0.25, 0.3) is 5.69 Å². The Labute approximate surface area is 106 Å². The van der Waals surface area contributed by atoms with Crippen LogP contribution in [0.25, 0.3) is 0 Å². The molecule has 0 saturated heterocycles. The predicted octanol–water partition coefficient (Wildman–Crippen LogP) is 4.09. The summed E-state index contributed by atoms with van der Waals surface area (Å²) in [5.74, 6) is 0.412. The van der Waals surface area contributed by atoms with Gasteiger partial charge in [-0.15, -0.1) is 0 Å². The van der Waals surface area contributed by atoms with E-state index in [1.165, 1.54) is 6.07 Å². The maximum atomic E-state index is 10.9. The smallest absolute Gasteiger partial charge is 0.293 e. The number of nitrogens with zero attached hydrogens (tertiary/aromatic N) is 1. The first-order valence-corrected chi connectivity index (χ1v) is 6.04. The molecule has 4 nitrogen and oxygen atoms in total. The molecule has 0 saturated carbocycles. The molecule has 0 spiro atoms. The van der Waals surface area contributed by atoms with Gasteiger partial charge in [0.05, 0.1) is 4.92 Å². The summed E-state index contributed by atoms with van der Waals surface area (Å²) in [4.78, 5) is 10.5. The molecule has 0 aromatic heterocycles. The van der Waals surface area contributed by atoms with E-state index in [0.29, 0.717) is 16.6 Å². The molecule has 1 aromatic carbocycles. The van der Waals surface area contributed by atoms with Crippen LogP contribution in [-0.4, -0.2) is 11.0 Å².